The van der Waals surface area contributed by atoms with Crippen molar-refractivity contribution in [2.24, 2.45) is 4.99 Å². The summed E-state index contributed by atoms with van der Waals surface area (Å²) >= 11 is 0. The molecule has 1 amide bonds. The van der Waals surface area contributed by atoms with E-state index in [1.807, 2.05) is 97.1 Å². The van der Waals surface area contributed by atoms with Crippen LogP contribution in [0.1, 0.15) is 13.8 Å². The van der Waals surface area contributed by atoms with Crippen LogP contribution in [0.5, 0.6) is 0 Å². The fourth-order valence-corrected chi connectivity index (χ4v) is 3.74. The topological polar surface area (TPSA) is 141 Å². The molecule has 0 radical (unpaired) electrons. The third-order valence-corrected chi connectivity index (χ3v) is 5.97. The highest BCUT2D eigenvalue weighted by molar-refractivity contribution is 5.91. The van der Waals surface area contributed by atoms with Crippen LogP contribution < -0.4 is 5.32 Å². The molecule has 0 fully saturated rings. The number of ether oxygens (including phenoxy) is 3. The third-order valence-electron chi connectivity index (χ3n) is 5.97. The van der Waals surface area contributed by atoms with Crippen molar-refractivity contribution in [1.29, 1.82) is 0 Å². The fraction of sp³-hybridized carbons (Fsp3) is 0.158. The van der Waals surface area contributed by atoms with Crippen LogP contribution in [0, 0.1) is 0 Å². The van der Waals surface area contributed by atoms with Gasteiger partial charge in [0.1, 0.15) is 19.8 Å². The normalized spacial score (nSPS) is 9.48. The number of carbonyl (C=O) groups is 3. The smallest absolute Gasteiger partial charge is 0.411 e. The molecule has 0 heterocycles. The van der Waals surface area contributed by atoms with E-state index in [-0.39, 0.29) is 26.4 Å². The lowest BCUT2D eigenvalue weighted by Crippen LogP contribution is -2.18. The minimum atomic E-state index is -0.607. The summed E-state index contributed by atoms with van der Waals surface area (Å²) in [6.45, 7) is 9.79. The van der Waals surface area contributed by atoms with E-state index in [0.29, 0.717) is 22.5 Å². The Morgan fingerprint density at radius 2 is 1.12 bits per heavy atom. The van der Waals surface area contributed by atoms with Gasteiger partial charge >= 0.3 is 18.0 Å². The van der Waals surface area contributed by atoms with Crippen LogP contribution in [0.2, 0.25) is 0 Å². The summed E-state index contributed by atoms with van der Waals surface area (Å²) in [4.78, 5) is 47.5. The van der Waals surface area contributed by atoms with Crippen molar-refractivity contribution in [3.05, 3.63) is 133 Å². The Kier molecular flexibility index (Phi) is 17.2. The summed E-state index contributed by atoms with van der Waals surface area (Å²) in [7, 11) is 0. The Hall–Kier alpha value is -6.09. The molecule has 4 rings (SSSR count). The minimum absolute atomic E-state index is 0.0144. The van der Waals surface area contributed by atoms with Gasteiger partial charge in [-0.1, -0.05) is 110 Å². The lowest BCUT2D eigenvalue weighted by Gasteiger charge is -2.11. The number of esters is 2. The largest absolute Gasteiger partial charge is 0.460 e. The average Bonchev–Trinajstić information content (AvgIpc) is 3.11. The molecular formula is C38H38N2O8. The van der Waals surface area contributed by atoms with Crippen LogP contribution >= 0.6 is 0 Å². The molecule has 0 atom stereocenters. The van der Waals surface area contributed by atoms with Crippen LogP contribution in [0.3, 0.4) is 0 Å². The van der Waals surface area contributed by atoms with Gasteiger partial charge in [-0.2, -0.15) is 4.99 Å². The standard InChI is InChI=1S/C19H19NO4.C13H9NO.C6H10O3/c1-14(2)18(21)23-12-13-24-19(22)20-17-11-7-6-10-16(17)15-8-4-3-5-9-15;15-10-14-13-9-5-4-8-12(13)11-6-2-1-3-7-11;1-5(2)6(8)9-4-3-7/h3-11H,1,12-13H2,2H3,(H,20,22);1-9H;7H,1,3-4H2,2H3. The summed E-state index contributed by atoms with van der Waals surface area (Å²) < 4.78 is 14.3. The molecule has 0 aliphatic carbocycles. The number of para-hydroxylation sites is 2. The monoisotopic (exact) mass is 650 g/mol. The van der Waals surface area contributed by atoms with E-state index in [4.69, 9.17) is 14.6 Å². The minimum Gasteiger partial charge on any atom is -0.460 e. The molecule has 48 heavy (non-hydrogen) atoms. The Bertz CT molecular complexity index is 1700. The first kappa shape index (κ1) is 38.1. The number of benzene rings is 4. The maximum absolute atomic E-state index is 11.9. The fourth-order valence-electron chi connectivity index (χ4n) is 3.74. The number of nitrogens with zero attached hydrogens (tertiary/aromatic N) is 1. The first-order chi connectivity index (χ1) is 23.2. The zero-order valence-electron chi connectivity index (χ0n) is 26.9. The maximum Gasteiger partial charge on any atom is 0.411 e. The summed E-state index contributed by atoms with van der Waals surface area (Å²) in [6, 6.07) is 34.5. The molecule has 10 nitrogen and oxygen atoms in total. The van der Waals surface area contributed by atoms with E-state index in [1.165, 1.54) is 0 Å². The molecule has 2 N–H and O–H groups in total. The molecule has 4 aromatic rings. The number of aliphatic hydroxyl groups is 1. The van der Waals surface area contributed by atoms with E-state index in [2.05, 4.69) is 28.2 Å². The second-order valence-corrected chi connectivity index (χ2v) is 9.81. The zero-order valence-corrected chi connectivity index (χ0v) is 26.9. The van der Waals surface area contributed by atoms with E-state index < -0.39 is 18.0 Å². The van der Waals surface area contributed by atoms with Gasteiger partial charge in [0, 0.05) is 22.3 Å². The summed E-state index contributed by atoms with van der Waals surface area (Å²) in [5, 5.41) is 10.9. The molecule has 0 aliphatic heterocycles. The molecule has 0 aliphatic rings. The number of isocyanates is 1. The van der Waals surface area contributed by atoms with Crippen molar-refractivity contribution < 1.29 is 38.5 Å². The maximum atomic E-state index is 11.9. The van der Waals surface area contributed by atoms with Gasteiger partial charge in [0.2, 0.25) is 6.08 Å². The van der Waals surface area contributed by atoms with Gasteiger partial charge in [0.05, 0.1) is 18.0 Å². The molecule has 4 aromatic carbocycles. The van der Waals surface area contributed by atoms with Crippen LogP contribution in [0.15, 0.2) is 138 Å². The second kappa shape index (κ2) is 21.6. The Morgan fingerprint density at radius 1 is 0.667 bits per heavy atom. The van der Waals surface area contributed by atoms with Gasteiger partial charge in [-0.3, -0.25) is 5.32 Å². The highest BCUT2D eigenvalue weighted by atomic mass is 16.6. The van der Waals surface area contributed by atoms with E-state index in [0.717, 1.165) is 22.3 Å². The molecule has 0 aromatic heterocycles. The molecule has 0 bridgehead atoms. The summed E-state index contributed by atoms with van der Waals surface area (Å²) in [5.74, 6) is -0.961. The van der Waals surface area contributed by atoms with Crippen molar-refractivity contribution in [2.45, 2.75) is 13.8 Å². The average molecular weight is 651 g/mol. The van der Waals surface area contributed by atoms with Crippen molar-refractivity contribution in [2.75, 3.05) is 31.7 Å². The predicted octanol–water partition coefficient (Wildman–Crippen LogP) is 7.44. The van der Waals surface area contributed by atoms with Crippen LogP contribution in [0.4, 0.5) is 16.2 Å². The van der Waals surface area contributed by atoms with Gasteiger partial charge in [-0.15, -0.1) is 0 Å². The number of amides is 1. The number of aliphatic hydroxyl groups excluding tert-OH is 1. The van der Waals surface area contributed by atoms with Crippen LogP contribution in [-0.2, 0) is 28.6 Å². The highest BCUT2D eigenvalue weighted by Gasteiger charge is 2.10. The Morgan fingerprint density at radius 3 is 1.67 bits per heavy atom. The number of anilines is 1. The number of carbonyl (C=O) groups excluding carboxylic acids is 4. The van der Waals surface area contributed by atoms with Crippen molar-refractivity contribution >= 4 is 35.5 Å². The van der Waals surface area contributed by atoms with Gasteiger partial charge in [0.15, 0.2) is 0 Å². The SMILES string of the molecule is C=C(C)C(=O)OCCO.C=C(C)C(=O)OCCOC(=O)Nc1ccccc1-c1ccccc1.O=C=Nc1ccccc1-c1ccccc1. The van der Waals surface area contributed by atoms with Crippen molar-refractivity contribution in [1.82, 2.24) is 0 Å². The molecule has 0 saturated carbocycles. The molecule has 10 heteroatoms. The predicted molar refractivity (Wildman–Crippen MR) is 185 cm³/mol. The first-order valence-electron chi connectivity index (χ1n) is 14.7. The number of nitrogens with one attached hydrogen (secondary N) is 1. The van der Waals surface area contributed by atoms with E-state index in [1.54, 1.807) is 32.1 Å². The van der Waals surface area contributed by atoms with Crippen LogP contribution in [-0.4, -0.2) is 55.6 Å². The molecular weight excluding hydrogens is 612 g/mol. The summed E-state index contributed by atoms with van der Waals surface area (Å²) in [6.07, 6.45) is 0.962. The number of hydrogen-bond donors (Lipinski definition) is 2. The second-order valence-electron chi connectivity index (χ2n) is 9.81. The third kappa shape index (κ3) is 13.9. The highest BCUT2D eigenvalue weighted by Crippen LogP contribution is 2.29. The first-order valence-corrected chi connectivity index (χ1v) is 14.7. The van der Waals surface area contributed by atoms with Crippen molar-refractivity contribution in [3.63, 3.8) is 0 Å². The van der Waals surface area contributed by atoms with Crippen molar-refractivity contribution in [3.8, 4) is 22.3 Å². The zero-order chi connectivity index (χ0) is 35.1. The van der Waals surface area contributed by atoms with Crippen LogP contribution in [0.25, 0.3) is 22.3 Å². The van der Waals surface area contributed by atoms with Gasteiger partial charge < -0.3 is 19.3 Å². The Balaban J connectivity index is 0.000000283. The lowest BCUT2D eigenvalue weighted by atomic mass is 10.0. The molecule has 0 saturated heterocycles. The van der Waals surface area contributed by atoms with E-state index >= 15 is 0 Å². The quantitative estimate of drug-likeness (QED) is 0.0426. The van der Waals surface area contributed by atoms with Gasteiger partial charge in [-0.05, 0) is 37.1 Å². The summed E-state index contributed by atoms with van der Waals surface area (Å²) in [5.41, 5.74) is 5.83. The number of hydrogen-bond acceptors (Lipinski definition) is 9. The molecule has 248 valence electrons. The number of rotatable bonds is 11. The van der Waals surface area contributed by atoms with Gasteiger partial charge in [0.25, 0.3) is 0 Å². The number of aliphatic imine (C=N–C) groups is 1. The molecule has 0 unspecified atom stereocenters. The Labute approximate surface area is 280 Å². The van der Waals surface area contributed by atoms with E-state index in [9.17, 15) is 19.2 Å². The lowest BCUT2D eigenvalue weighted by molar-refractivity contribution is -0.140. The van der Waals surface area contributed by atoms with Gasteiger partial charge in [-0.25, -0.2) is 19.2 Å². The molecule has 0 spiro atoms.